The lowest BCUT2D eigenvalue weighted by atomic mass is 9.81. The first kappa shape index (κ1) is 26.4. The van der Waals surface area contributed by atoms with Gasteiger partial charge in [-0.25, -0.2) is 4.79 Å². The molecule has 8 nitrogen and oxygen atoms in total. The number of Topliss-reactive ketones (excluding diaryl/α,β-unsaturated/α-hetero) is 1. The molecule has 0 saturated carbocycles. The number of nitrogens with one attached hydrogen (secondary N) is 1. The fourth-order valence-electron chi connectivity index (χ4n) is 4.42. The van der Waals surface area contributed by atoms with Crippen molar-refractivity contribution in [2.75, 3.05) is 25.0 Å². The van der Waals surface area contributed by atoms with Crippen LogP contribution in [0.2, 0.25) is 0 Å². The van der Waals surface area contributed by atoms with E-state index in [2.05, 4.69) is 5.32 Å². The van der Waals surface area contributed by atoms with Crippen LogP contribution in [0.3, 0.4) is 0 Å². The van der Waals surface area contributed by atoms with Gasteiger partial charge in [0.2, 0.25) is 5.91 Å². The Balaban J connectivity index is 1.49. The van der Waals surface area contributed by atoms with Crippen LogP contribution in [0.4, 0.5) is 10.5 Å². The summed E-state index contributed by atoms with van der Waals surface area (Å²) in [5, 5.41) is 2.86. The number of piperidine rings is 1. The molecule has 1 aliphatic carbocycles. The van der Waals surface area contributed by atoms with Crippen LogP contribution in [0.25, 0.3) is 0 Å². The Morgan fingerprint density at radius 2 is 1.86 bits per heavy atom. The maximum atomic E-state index is 12.8. The van der Waals surface area contributed by atoms with Gasteiger partial charge in [0.05, 0.1) is 13.0 Å². The second-order valence-corrected chi connectivity index (χ2v) is 10.1. The molecule has 1 aliphatic heterocycles. The first-order chi connectivity index (χ1) is 16.6. The van der Waals surface area contributed by atoms with Gasteiger partial charge in [0.25, 0.3) is 0 Å². The van der Waals surface area contributed by atoms with Crippen LogP contribution in [0.5, 0.6) is 0 Å². The number of aryl methyl sites for hydroxylation is 1. The molecule has 35 heavy (non-hydrogen) atoms. The number of likely N-dealkylation sites (tertiary alicyclic amines) is 1. The summed E-state index contributed by atoms with van der Waals surface area (Å²) in [7, 11) is 0. The summed E-state index contributed by atoms with van der Waals surface area (Å²) in [6.45, 7) is 8.80. The van der Waals surface area contributed by atoms with Gasteiger partial charge in [0.1, 0.15) is 5.60 Å². The molecule has 1 N–H and O–H groups in total. The predicted molar refractivity (Wildman–Crippen MR) is 132 cm³/mol. The molecule has 1 unspecified atom stereocenters. The molecule has 1 aromatic carbocycles. The van der Waals surface area contributed by atoms with Crippen molar-refractivity contribution in [2.24, 2.45) is 11.8 Å². The fourth-order valence-corrected chi connectivity index (χ4v) is 4.42. The standard InChI is InChI=1S/C27H36N2O6/c1-5-34-24(31)17-20-8-7-19-16-21(9-10-22(19)25(20)32)28-23(30)11-6-18-12-14-29(15-13-18)26(33)35-27(2,3)4/h6,9-11,16,18,20H,5,7-8,12-15,17H2,1-4H3,(H,28,30)/b11-6+. The van der Waals surface area contributed by atoms with Gasteiger partial charge in [-0.2, -0.15) is 0 Å². The third-order valence-corrected chi connectivity index (χ3v) is 6.20. The van der Waals surface area contributed by atoms with Gasteiger partial charge in [0.15, 0.2) is 5.78 Å². The van der Waals surface area contributed by atoms with Crippen molar-refractivity contribution in [3.05, 3.63) is 41.5 Å². The van der Waals surface area contributed by atoms with E-state index in [0.29, 0.717) is 43.8 Å². The molecule has 1 aromatic rings. The molecule has 0 radical (unpaired) electrons. The number of hydrogen-bond acceptors (Lipinski definition) is 6. The second-order valence-electron chi connectivity index (χ2n) is 10.1. The van der Waals surface area contributed by atoms with Crippen LogP contribution in [0, 0.1) is 11.8 Å². The number of esters is 1. The molecule has 0 aromatic heterocycles. The van der Waals surface area contributed by atoms with E-state index in [1.165, 1.54) is 6.08 Å². The Labute approximate surface area is 207 Å². The maximum absolute atomic E-state index is 12.8. The summed E-state index contributed by atoms with van der Waals surface area (Å²) in [6.07, 6.45) is 6.04. The summed E-state index contributed by atoms with van der Waals surface area (Å²) >= 11 is 0. The van der Waals surface area contributed by atoms with Gasteiger partial charge in [-0.05, 0) is 89.1 Å². The average Bonchev–Trinajstić information content (AvgIpc) is 2.79. The van der Waals surface area contributed by atoms with E-state index in [-0.39, 0.29) is 42.0 Å². The highest BCUT2D eigenvalue weighted by Gasteiger charge is 2.30. The highest BCUT2D eigenvalue weighted by molar-refractivity contribution is 6.03. The third kappa shape index (κ3) is 7.67. The summed E-state index contributed by atoms with van der Waals surface area (Å²) in [6, 6.07) is 5.27. The Morgan fingerprint density at radius 3 is 2.51 bits per heavy atom. The maximum Gasteiger partial charge on any atom is 0.410 e. The van der Waals surface area contributed by atoms with Crippen molar-refractivity contribution in [1.29, 1.82) is 0 Å². The molecule has 1 heterocycles. The van der Waals surface area contributed by atoms with E-state index in [1.54, 1.807) is 24.0 Å². The number of hydrogen-bond donors (Lipinski definition) is 1. The Bertz CT molecular complexity index is 986. The van der Waals surface area contributed by atoms with Crippen LogP contribution >= 0.6 is 0 Å². The lowest BCUT2D eigenvalue weighted by molar-refractivity contribution is -0.144. The number of benzene rings is 1. The topological polar surface area (TPSA) is 102 Å². The molecule has 2 aliphatic rings. The number of nitrogens with zero attached hydrogens (tertiary/aromatic N) is 1. The van der Waals surface area contributed by atoms with Crippen LogP contribution in [0.1, 0.15) is 69.3 Å². The van der Waals surface area contributed by atoms with Crippen molar-refractivity contribution >= 4 is 29.4 Å². The van der Waals surface area contributed by atoms with Crippen LogP contribution in [0.15, 0.2) is 30.4 Å². The minimum Gasteiger partial charge on any atom is -0.466 e. The summed E-state index contributed by atoms with van der Waals surface area (Å²) in [5.41, 5.74) is 1.61. The third-order valence-electron chi connectivity index (χ3n) is 6.20. The van der Waals surface area contributed by atoms with Gasteiger partial charge < -0.3 is 19.7 Å². The van der Waals surface area contributed by atoms with Crippen molar-refractivity contribution < 1.29 is 28.7 Å². The van der Waals surface area contributed by atoms with E-state index in [1.807, 2.05) is 32.9 Å². The Hall–Kier alpha value is -3.16. The predicted octanol–water partition coefficient (Wildman–Crippen LogP) is 4.53. The lowest BCUT2D eigenvalue weighted by Crippen LogP contribution is -2.41. The molecule has 1 fully saturated rings. The average molecular weight is 485 g/mol. The smallest absolute Gasteiger partial charge is 0.410 e. The van der Waals surface area contributed by atoms with Crippen LogP contribution in [-0.2, 0) is 25.5 Å². The van der Waals surface area contributed by atoms with E-state index in [4.69, 9.17) is 9.47 Å². The molecule has 190 valence electrons. The van der Waals surface area contributed by atoms with Crippen molar-refractivity contribution in [3.63, 3.8) is 0 Å². The number of anilines is 1. The zero-order valence-corrected chi connectivity index (χ0v) is 21.1. The van der Waals surface area contributed by atoms with Gasteiger partial charge in [-0.1, -0.05) is 6.08 Å². The molecule has 0 bridgehead atoms. The number of fused-ring (bicyclic) bond motifs is 1. The number of allylic oxidation sites excluding steroid dienone is 1. The zero-order valence-electron chi connectivity index (χ0n) is 21.1. The van der Waals surface area contributed by atoms with Crippen LogP contribution < -0.4 is 5.32 Å². The highest BCUT2D eigenvalue weighted by Crippen LogP contribution is 2.30. The first-order valence-corrected chi connectivity index (χ1v) is 12.4. The van der Waals surface area contributed by atoms with Crippen molar-refractivity contribution in [1.82, 2.24) is 4.90 Å². The molecule has 0 spiro atoms. The van der Waals surface area contributed by atoms with Gasteiger partial charge in [-0.3, -0.25) is 14.4 Å². The molecular weight excluding hydrogens is 448 g/mol. The quantitative estimate of drug-likeness (QED) is 0.470. The number of carbonyl (C=O) groups excluding carboxylic acids is 4. The second kappa shape index (κ2) is 11.5. The van der Waals surface area contributed by atoms with E-state index in [9.17, 15) is 19.2 Å². The minimum absolute atomic E-state index is 0.0465. The molecule has 8 heteroatoms. The molecule has 2 amide bonds. The van der Waals surface area contributed by atoms with Gasteiger partial charge >= 0.3 is 12.1 Å². The van der Waals surface area contributed by atoms with Crippen LogP contribution in [-0.4, -0.2) is 54.0 Å². The Morgan fingerprint density at radius 1 is 1.14 bits per heavy atom. The number of ketones is 1. The molecule has 1 atom stereocenters. The monoisotopic (exact) mass is 484 g/mol. The van der Waals surface area contributed by atoms with Crippen molar-refractivity contribution in [3.8, 4) is 0 Å². The zero-order chi connectivity index (χ0) is 25.6. The number of rotatable bonds is 6. The number of amides is 2. The first-order valence-electron chi connectivity index (χ1n) is 12.4. The Kier molecular flexibility index (Phi) is 8.70. The van der Waals surface area contributed by atoms with Crippen molar-refractivity contribution in [2.45, 2.75) is 65.4 Å². The molecule has 1 saturated heterocycles. The summed E-state index contributed by atoms with van der Waals surface area (Å²) < 4.78 is 10.4. The highest BCUT2D eigenvalue weighted by atomic mass is 16.6. The molecular formula is C27H36N2O6. The minimum atomic E-state index is -0.514. The fraction of sp³-hybridized carbons (Fsp3) is 0.556. The number of carbonyl (C=O) groups is 4. The number of ether oxygens (including phenoxy) is 2. The lowest BCUT2D eigenvalue weighted by Gasteiger charge is -2.32. The van der Waals surface area contributed by atoms with E-state index >= 15 is 0 Å². The summed E-state index contributed by atoms with van der Waals surface area (Å²) in [4.78, 5) is 50.9. The summed E-state index contributed by atoms with van der Waals surface area (Å²) in [5.74, 6) is -0.763. The van der Waals surface area contributed by atoms with Gasteiger partial charge in [-0.15, -0.1) is 0 Å². The van der Waals surface area contributed by atoms with E-state index < -0.39 is 5.60 Å². The van der Waals surface area contributed by atoms with E-state index in [0.717, 1.165) is 18.4 Å². The largest absolute Gasteiger partial charge is 0.466 e. The van der Waals surface area contributed by atoms with Gasteiger partial charge in [0, 0.05) is 30.3 Å². The molecule has 3 rings (SSSR count). The normalized spacial score (nSPS) is 18.8. The SMILES string of the molecule is CCOC(=O)CC1CCc2cc(NC(=O)/C=C/C3CCN(C(=O)OC(C)(C)C)CC3)ccc2C1=O.